The third kappa shape index (κ3) is 4.15. The summed E-state index contributed by atoms with van der Waals surface area (Å²) < 4.78 is 5.02. The second-order valence-electron chi connectivity index (χ2n) is 4.58. The second-order valence-corrected chi connectivity index (χ2v) is 4.58. The van der Waals surface area contributed by atoms with Crippen molar-refractivity contribution in [2.24, 2.45) is 0 Å². The van der Waals surface area contributed by atoms with Crippen molar-refractivity contribution in [3.63, 3.8) is 0 Å². The molecule has 0 aromatic heterocycles. The number of aryl methyl sites for hydroxylation is 1. The predicted octanol–water partition coefficient (Wildman–Crippen LogP) is 2.80. The van der Waals surface area contributed by atoms with Crippen LogP contribution in [0.3, 0.4) is 0 Å². The van der Waals surface area contributed by atoms with Crippen LogP contribution in [-0.4, -0.2) is 31.6 Å². The van der Waals surface area contributed by atoms with Gasteiger partial charge in [-0.2, -0.15) is 0 Å². The molecule has 1 unspecified atom stereocenters. The van der Waals surface area contributed by atoms with Crippen LogP contribution in [-0.2, 0) is 16.0 Å². The first-order chi connectivity index (χ1) is 8.58. The fourth-order valence-electron chi connectivity index (χ4n) is 1.95. The van der Waals surface area contributed by atoms with E-state index in [4.69, 9.17) is 4.74 Å². The van der Waals surface area contributed by atoms with Gasteiger partial charge < -0.3 is 9.64 Å². The number of nitrogens with zero attached hydrogens (tertiary/aromatic N) is 1. The van der Waals surface area contributed by atoms with E-state index in [9.17, 15) is 4.79 Å². The fraction of sp³-hybridized carbons (Fsp3) is 0.533. The number of ether oxygens (including phenoxy) is 1. The van der Waals surface area contributed by atoms with E-state index >= 15 is 0 Å². The van der Waals surface area contributed by atoms with Crippen molar-refractivity contribution in [1.82, 2.24) is 4.90 Å². The highest BCUT2D eigenvalue weighted by atomic mass is 16.5. The largest absolute Gasteiger partial charge is 0.466 e. The topological polar surface area (TPSA) is 29.5 Å². The maximum atomic E-state index is 11.6. The maximum Gasteiger partial charge on any atom is 0.307 e. The summed E-state index contributed by atoms with van der Waals surface area (Å²) in [5.41, 5.74) is 2.47. The highest BCUT2D eigenvalue weighted by Crippen LogP contribution is 2.23. The molecule has 0 aliphatic heterocycles. The summed E-state index contributed by atoms with van der Waals surface area (Å²) in [5.74, 6) is -0.143. The molecule has 0 radical (unpaired) electrons. The Morgan fingerprint density at radius 1 is 1.22 bits per heavy atom. The van der Waals surface area contributed by atoms with Gasteiger partial charge in [-0.15, -0.1) is 0 Å². The Morgan fingerprint density at radius 3 is 2.28 bits per heavy atom. The van der Waals surface area contributed by atoms with Crippen molar-refractivity contribution in [2.45, 2.75) is 32.7 Å². The van der Waals surface area contributed by atoms with E-state index in [-0.39, 0.29) is 12.0 Å². The number of hydrogen-bond acceptors (Lipinski definition) is 3. The fourth-order valence-corrected chi connectivity index (χ4v) is 1.95. The standard InChI is InChI=1S/C15H23NO2/c1-5-12-7-9-13(10-8-12)14(16(3)4)11-15(17)18-6-2/h7-10,14H,5-6,11H2,1-4H3. The predicted molar refractivity (Wildman–Crippen MR) is 73.5 cm³/mol. The molecule has 0 saturated carbocycles. The molecular weight excluding hydrogens is 226 g/mol. The van der Waals surface area contributed by atoms with Crippen LogP contribution in [0.15, 0.2) is 24.3 Å². The molecule has 0 heterocycles. The first kappa shape index (κ1) is 14.7. The van der Waals surface area contributed by atoms with Gasteiger partial charge in [0.25, 0.3) is 0 Å². The van der Waals surface area contributed by atoms with Gasteiger partial charge in [0, 0.05) is 6.04 Å². The number of carbonyl (C=O) groups excluding carboxylic acids is 1. The van der Waals surface area contributed by atoms with Crippen LogP contribution >= 0.6 is 0 Å². The van der Waals surface area contributed by atoms with E-state index in [0.717, 1.165) is 12.0 Å². The Balaban J connectivity index is 2.80. The summed E-state index contributed by atoms with van der Waals surface area (Å²) in [6.45, 7) is 4.41. The molecule has 1 atom stereocenters. The lowest BCUT2D eigenvalue weighted by Crippen LogP contribution is -2.23. The zero-order valence-electron chi connectivity index (χ0n) is 11.8. The number of benzene rings is 1. The van der Waals surface area contributed by atoms with Crippen LogP contribution in [0.5, 0.6) is 0 Å². The van der Waals surface area contributed by atoms with Crippen LogP contribution in [0.1, 0.15) is 37.4 Å². The normalized spacial score (nSPS) is 12.5. The minimum Gasteiger partial charge on any atom is -0.466 e. The number of esters is 1. The highest BCUT2D eigenvalue weighted by molar-refractivity contribution is 5.70. The van der Waals surface area contributed by atoms with Crippen molar-refractivity contribution in [2.75, 3.05) is 20.7 Å². The molecule has 0 bridgehead atoms. The first-order valence-corrected chi connectivity index (χ1v) is 6.49. The summed E-state index contributed by atoms with van der Waals surface area (Å²) in [5, 5.41) is 0. The van der Waals surface area contributed by atoms with E-state index in [1.54, 1.807) is 0 Å². The summed E-state index contributed by atoms with van der Waals surface area (Å²) in [4.78, 5) is 13.7. The molecule has 0 saturated heterocycles. The van der Waals surface area contributed by atoms with E-state index in [1.807, 2.05) is 21.0 Å². The minimum atomic E-state index is -0.143. The maximum absolute atomic E-state index is 11.6. The minimum absolute atomic E-state index is 0.0787. The molecular formula is C15H23NO2. The Labute approximate surface area is 110 Å². The van der Waals surface area contributed by atoms with Gasteiger partial charge in [0.1, 0.15) is 0 Å². The van der Waals surface area contributed by atoms with Crippen molar-refractivity contribution < 1.29 is 9.53 Å². The molecule has 0 fully saturated rings. The first-order valence-electron chi connectivity index (χ1n) is 6.49. The summed E-state index contributed by atoms with van der Waals surface area (Å²) >= 11 is 0. The molecule has 0 spiro atoms. The Bertz CT molecular complexity index is 371. The van der Waals surface area contributed by atoms with Gasteiger partial charge in [0.05, 0.1) is 13.0 Å². The van der Waals surface area contributed by atoms with Crippen molar-refractivity contribution >= 4 is 5.97 Å². The van der Waals surface area contributed by atoms with Gasteiger partial charge in [-0.1, -0.05) is 31.2 Å². The molecule has 0 amide bonds. The molecule has 0 aliphatic rings. The Kier molecular flexibility index (Phi) is 5.86. The van der Waals surface area contributed by atoms with Crippen molar-refractivity contribution in [3.8, 4) is 0 Å². The third-order valence-corrected chi connectivity index (χ3v) is 3.06. The molecule has 1 aromatic carbocycles. The molecule has 100 valence electrons. The number of hydrogen-bond donors (Lipinski definition) is 0. The van der Waals surface area contributed by atoms with Gasteiger partial charge in [0.15, 0.2) is 0 Å². The summed E-state index contributed by atoms with van der Waals surface area (Å²) in [7, 11) is 3.97. The van der Waals surface area contributed by atoms with E-state index < -0.39 is 0 Å². The monoisotopic (exact) mass is 249 g/mol. The van der Waals surface area contributed by atoms with Gasteiger partial charge in [0.2, 0.25) is 0 Å². The van der Waals surface area contributed by atoms with E-state index in [0.29, 0.717) is 13.0 Å². The Morgan fingerprint density at radius 2 is 1.83 bits per heavy atom. The van der Waals surface area contributed by atoms with Crippen molar-refractivity contribution in [1.29, 1.82) is 0 Å². The van der Waals surface area contributed by atoms with Crippen LogP contribution in [0, 0.1) is 0 Å². The zero-order valence-corrected chi connectivity index (χ0v) is 11.8. The van der Waals surface area contributed by atoms with Gasteiger partial charge in [-0.25, -0.2) is 0 Å². The van der Waals surface area contributed by atoms with Crippen LogP contribution in [0.2, 0.25) is 0 Å². The highest BCUT2D eigenvalue weighted by Gasteiger charge is 2.18. The molecule has 1 aromatic rings. The smallest absolute Gasteiger partial charge is 0.307 e. The average molecular weight is 249 g/mol. The lowest BCUT2D eigenvalue weighted by atomic mass is 10.0. The molecule has 0 aliphatic carbocycles. The molecule has 1 rings (SSSR count). The van der Waals surface area contributed by atoms with E-state index in [2.05, 4.69) is 36.1 Å². The molecule has 18 heavy (non-hydrogen) atoms. The van der Waals surface area contributed by atoms with Gasteiger partial charge in [-0.05, 0) is 38.6 Å². The van der Waals surface area contributed by atoms with Gasteiger partial charge in [-0.3, -0.25) is 4.79 Å². The molecule has 0 N–H and O–H groups in total. The SMILES string of the molecule is CCOC(=O)CC(c1ccc(CC)cc1)N(C)C. The average Bonchev–Trinajstić information content (AvgIpc) is 2.36. The van der Waals surface area contributed by atoms with Crippen LogP contribution in [0.25, 0.3) is 0 Å². The molecule has 3 heteroatoms. The number of carbonyl (C=O) groups is 1. The lowest BCUT2D eigenvalue weighted by molar-refractivity contribution is -0.144. The van der Waals surface area contributed by atoms with Crippen molar-refractivity contribution in [3.05, 3.63) is 35.4 Å². The zero-order chi connectivity index (χ0) is 13.5. The van der Waals surface area contributed by atoms with Crippen LogP contribution < -0.4 is 0 Å². The third-order valence-electron chi connectivity index (χ3n) is 3.06. The lowest BCUT2D eigenvalue weighted by Gasteiger charge is -2.24. The summed E-state index contributed by atoms with van der Waals surface area (Å²) in [6.07, 6.45) is 1.43. The van der Waals surface area contributed by atoms with Gasteiger partial charge >= 0.3 is 5.97 Å². The summed E-state index contributed by atoms with van der Waals surface area (Å²) in [6, 6.07) is 8.52. The number of rotatable bonds is 6. The second kappa shape index (κ2) is 7.17. The van der Waals surface area contributed by atoms with E-state index in [1.165, 1.54) is 5.56 Å². The quantitative estimate of drug-likeness (QED) is 0.726. The van der Waals surface area contributed by atoms with Crippen LogP contribution in [0.4, 0.5) is 0 Å². The Hall–Kier alpha value is -1.35. The molecule has 3 nitrogen and oxygen atoms in total.